The summed E-state index contributed by atoms with van der Waals surface area (Å²) >= 11 is 5.74. The van der Waals surface area contributed by atoms with Crippen LogP contribution in [-0.4, -0.2) is 18.6 Å². The molecule has 1 aromatic carbocycles. The zero-order chi connectivity index (χ0) is 10.6. The third-order valence-corrected chi connectivity index (χ3v) is 2.05. The molecule has 0 atom stereocenters. The molecule has 0 N–H and O–H groups in total. The lowest BCUT2D eigenvalue weighted by Gasteiger charge is -2.06. The van der Waals surface area contributed by atoms with Gasteiger partial charge in [-0.2, -0.15) is 0 Å². The Morgan fingerprint density at radius 3 is 2.86 bits per heavy atom. The largest absolute Gasteiger partial charge is 0.496 e. The quantitative estimate of drug-likeness (QED) is 0.571. The van der Waals surface area contributed by atoms with Crippen molar-refractivity contribution in [2.75, 3.05) is 13.7 Å². The van der Waals surface area contributed by atoms with Crippen LogP contribution in [0, 0.1) is 10.1 Å². The molecule has 0 amide bonds. The van der Waals surface area contributed by atoms with E-state index in [9.17, 15) is 10.1 Å². The van der Waals surface area contributed by atoms with Crippen LogP contribution in [0.25, 0.3) is 0 Å². The third kappa shape index (κ3) is 2.88. The molecule has 0 fully saturated rings. The van der Waals surface area contributed by atoms with Crippen LogP contribution >= 0.6 is 11.6 Å². The van der Waals surface area contributed by atoms with Gasteiger partial charge in [0.05, 0.1) is 7.11 Å². The zero-order valence-corrected chi connectivity index (χ0v) is 8.45. The van der Waals surface area contributed by atoms with Crippen LogP contribution in [0.5, 0.6) is 5.75 Å². The molecule has 0 bridgehead atoms. The first kappa shape index (κ1) is 10.8. The number of rotatable bonds is 4. The fourth-order valence-corrected chi connectivity index (χ4v) is 1.30. The van der Waals surface area contributed by atoms with Crippen molar-refractivity contribution >= 4 is 11.6 Å². The number of hydrogen-bond acceptors (Lipinski definition) is 3. The van der Waals surface area contributed by atoms with Crippen LogP contribution in [0.4, 0.5) is 0 Å². The smallest absolute Gasteiger partial charge is 0.208 e. The van der Waals surface area contributed by atoms with Gasteiger partial charge in [0.15, 0.2) is 0 Å². The molecule has 0 aliphatic rings. The molecule has 0 unspecified atom stereocenters. The number of nitro groups is 1. The van der Waals surface area contributed by atoms with Crippen molar-refractivity contribution in [3.8, 4) is 5.75 Å². The van der Waals surface area contributed by atoms with Gasteiger partial charge >= 0.3 is 0 Å². The van der Waals surface area contributed by atoms with Crippen LogP contribution in [0.15, 0.2) is 18.2 Å². The number of benzene rings is 1. The molecule has 0 saturated carbocycles. The Morgan fingerprint density at radius 1 is 1.57 bits per heavy atom. The summed E-state index contributed by atoms with van der Waals surface area (Å²) < 4.78 is 5.05. The Kier molecular flexibility index (Phi) is 3.71. The molecule has 76 valence electrons. The maximum Gasteiger partial charge on any atom is 0.208 e. The Labute approximate surface area is 86.6 Å². The molecule has 0 aliphatic carbocycles. The Hall–Kier alpha value is -1.29. The molecule has 0 aromatic heterocycles. The maximum atomic E-state index is 10.2. The van der Waals surface area contributed by atoms with Gasteiger partial charge in [0, 0.05) is 21.9 Å². The highest BCUT2D eigenvalue weighted by Gasteiger charge is 2.06. The third-order valence-electron chi connectivity index (χ3n) is 1.81. The summed E-state index contributed by atoms with van der Waals surface area (Å²) in [4.78, 5) is 9.82. The zero-order valence-electron chi connectivity index (χ0n) is 7.70. The van der Waals surface area contributed by atoms with Gasteiger partial charge in [0.2, 0.25) is 6.54 Å². The average molecular weight is 216 g/mol. The number of hydrogen-bond donors (Lipinski definition) is 0. The molecule has 0 saturated heterocycles. The second-order valence-electron chi connectivity index (χ2n) is 2.76. The molecule has 0 spiro atoms. The summed E-state index contributed by atoms with van der Waals surface area (Å²) in [7, 11) is 1.52. The molecule has 1 rings (SSSR count). The number of methoxy groups -OCH3 is 1. The lowest BCUT2D eigenvalue weighted by Crippen LogP contribution is -2.05. The van der Waals surface area contributed by atoms with Gasteiger partial charge < -0.3 is 4.74 Å². The second-order valence-corrected chi connectivity index (χ2v) is 3.20. The lowest BCUT2D eigenvalue weighted by molar-refractivity contribution is -0.479. The minimum atomic E-state index is -0.353. The molecule has 0 heterocycles. The molecule has 0 radical (unpaired) electrons. The summed E-state index contributed by atoms with van der Waals surface area (Å²) in [5, 5.41) is 10.7. The molecular formula is C9H10ClNO3. The first-order valence-corrected chi connectivity index (χ1v) is 4.45. The second kappa shape index (κ2) is 4.81. The number of nitrogens with zero attached hydrogens (tertiary/aromatic N) is 1. The number of ether oxygens (including phenoxy) is 1. The maximum absolute atomic E-state index is 10.2. The topological polar surface area (TPSA) is 52.4 Å². The predicted octanol–water partition coefficient (Wildman–Crippen LogP) is 2.17. The SMILES string of the molecule is COc1cc(Cl)ccc1CC[N+](=O)[O-]. The molecule has 14 heavy (non-hydrogen) atoms. The van der Waals surface area contributed by atoms with E-state index in [0.29, 0.717) is 17.2 Å². The van der Waals surface area contributed by atoms with E-state index in [0.717, 1.165) is 5.56 Å². The van der Waals surface area contributed by atoms with E-state index in [4.69, 9.17) is 16.3 Å². The first-order chi connectivity index (χ1) is 6.63. The molecule has 1 aromatic rings. The Balaban J connectivity index is 2.80. The van der Waals surface area contributed by atoms with E-state index in [1.807, 2.05) is 0 Å². The van der Waals surface area contributed by atoms with Crippen molar-refractivity contribution in [1.82, 2.24) is 0 Å². The Bertz CT molecular complexity index is 341. The van der Waals surface area contributed by atoms with Gasteiger partial charge in [-0.25, -0.2) is 0 Å². The average Bonchev–Trinajstić information content (AvgIpc) is 2.15. The Morgan fingerprint density at radius 2 is 2.29 bits per heavy atom. The van der Waals surface area contributed by atoms with E-state index in [-0.39, 0.29) is 11.5 Å². The van der Waals surface area contributed by atoms with Crippen LogP contribution in [0.2, 0.25) is 5.02 Å². The summed E-state index contributed by atoms with van der Waals surface area (Å²) in [6.45, 7) is -0.0992. The van der Waals surface area contributed by atoms with Gasteiger partial charge in [0.25, 0.3) is 0 Å². The summed E-state index contributed by atoms with van der Waals surface area (Å²) in [6, 6.07) is 5.08. The van der Waals surface area contributed by atoms with Crippen molar-refractivity contribution in [2.45, 2.75) is 6.42 Å². The van der Waals surface area contributed by atoms with Crippen LogP contribution < -0.4 is 4.74 Å². The van der Waals surface area contributed by atoms with Crippen LogP contribution in [-0.2, 0) is 6.42 Å². The lowest BCUT2D eigenvalue weighted by atomic mass is 10.1. The van der Waals surface area contributed by atoms with E-state index in [1.54, 1.807) is 18.2 Å². The summed E-state index contributed by atoms with van der Waals surface area (Å²) in [5.74, 6) is 0.597. The van der Waals surface area contributed by atoms with Gasteiger partial charge in [-0.05, 0) is 12.1 Å². The molecule has 4 nitrogen and oxygen atoms in total. The van der Waals surface area contributed by atoms with E-state index in [1.165, 1.54) is 7.11 Å². The van der Waals surface area contributed by atoms with Gasteiger partial charge in [-0.3, -0.25) is 10.1 Å². The number of halogens is 1. The highest BCUT2D eigenvalue weighted by molar-refractivity contribution is 6.30. The van der Waals surface area contributed by atoms with Crippen molar-refractivity contribution in [1.29, 1.82) is 0 Å². The van der Waals surface area contributed by atoms with Crippen molar-refractivity contribution in [3.63, 3.8) is 0 Å². The molecule has 5 heteroatoms. The fourth-order valence-electron chi connectivity index (χ4n) is 1.14. The van der Waals surface area contributed by atoms with Crippen molar-refractivity contribution < 1.29 is 9.66 Å². The van der Waals surface area contributed by atoms with Gasteiger partial charge in [0.1, 0.15) is 5.75 Å². The molecular weight excluding hydrogens is 206 g/mol. The standard InChI is InChI=1S/C9H10ClNO3/c1-14-9-6-8(10)3-2-7(9)4-5-11(12)13/h2-3,6H,4-5H2,1H3. The normalized spacial score (nSPS) is 9.86. The van der Waals surface area contributed by atoms with Crippen molar-refractivity contribution in [2.24, 2.45) is 0 Å². The van der Waals surface area contributed by atoms with Gasteiger partial charge in [-0.1, -0.05) is 17.7 Å². The van der Waals surface area contributed by atoms with Gasteiger partial charge in [-0.15, -0.1) is 0 Å². The van der Waals surface area contributed by atoms with E-state index < -0.39 is 0 Å². The highest BCUT2D eigenvalue weighted by Crippen LogP contribution is 2.23. The summed E-state index contributed by atoms with van der Waals surface area (Å²) in [6.07, 6.45) is 0.355. The van der Waals surface area contributed by atoms with E-state index >= 15 is 0 Å². The predicted molar refractivity (Wildman–Crippen MR) is 53.6 cm³/mol. The highest BCUT2D eigenvalue weighted by atomic mass is 35.5. The fraction of sp³-hybridized carbons (Fsp3) is 0.333. The van der Waals surface area contributed by atoms with Crippen LogP contribution in [0.3, 0.4) is 0 Å². The monoisotopic (exact) mass is 215 g/mol. The molecule has 0 aliphatic heterocycles. The first-order valence-electron chi connectivity index (χ1n) is 4.07. The minimum Gasteiger partial charge on any atom is -0.496 e. The van der Waals surface area contributed by atoms with Crippen molar-refractivity contribution in [3.05, 3.63) is 38.9 Å². The van der Waals surface area contributed by atoms with E-state index in [2.05, 4.69) is 0 Å². The van der Waals surface area contributed by atoms with Crippen LogP contribution in [0.1, 0.15) is 5.56 Å². The summed E-state index contributed by atoms with van der Waals surface area (Å²) in [5.41, 5.74) is 0.800. The minimum absolute atomic E-state index is 0.0992.